The Kier molecular flexibility index (Phi) is 4.85. The zero-order chi connectivity index (χ0) is 16.2. The maximum absolute atomic E-state index is 11.5. The van der Waals surface area contributed by atoms with Gasteiger partial charge in [-0.05, 0) is 31.9 Å². The molecule has 1 N–H and O–H groups in total. The highest BCUT2D eigenvalue weighted by atomic mass is 32.2. The quantitative estimate of drug-likeness (QED) is 0.849. The fraction of sp³-hybridized carbons (Fsp3) is 0.438. The smallest absolute Gasteiger partial charge is 0.232 e. The van der Waals surface area contributed by atoms with E-state index in [0.29, 0.717) is 5.75 Å². The number of rotatable bonds is 5. The fourth-order valence-electron chi connectivity index (χ4n) is 2.60. The summed E-state index contributed by atoms with van der Waals surface area (Å²) >= 11 is 1.41. The molecular formula is C16H21N5OS. The van der Waals surface area contributed by atoms with Crippen LogP contribution < -0.4 is 10.2 Å². The first-order valence-corrected chi connectivity index (χ1v) is 8.78. The van der Waals surface area contributed by atoms with Crippen molar-refractivity contribution in [2.24, 2.45) is 0 Å². The number of benzene rings is 1. The van der Waals surface area contributed by atoms with E-state index in [1.54, 1.807) is 7.05 Å². The molecule has 0 atom stereocenters. The number of hydrogen-bond donors (Lipinski definition) is 1. The fourth-order valence-corrected chi connectivity index (χ4v) is 3.42. The average Bonchev–Trinajstić information content (AvgIpc) is 3.22. The zero-order valence-electron chi connectivity index (χ0n) is 13.5. The molecule has 1 fully saturated rings. The van der Waals surface area contributed by atoms with Crippen molar-refractivity contribution in [2.45, 2.75) is 24.9 Å². The van der Waals surface area contributed by atoms with E-state index in [2.05, 4.69) is 56.2 Å². The van der Waals surface area contributed by atoms with Crippen LogP contribution in [0.3, 0.4) is 0 Å². The number of carbonyl (C=O) groups is 1. The summed E-state index contributed by atoms with van der Waals surface area (Å²) in [5, 5.41) is 12.1. The topological polar surface area (TPSA) is 63.1 Å². The first-order valence-electron chi connectivity index (χ1n) is 7.80. The van der Waals surface area contributed by atoms with Crippen LogP contribution in [-0.4, -0.2) is 46.6 Å². The van der Waals surface area contributed by atoms with Crippen LogP contribution in [0.25, 0.3) is 5.69 Å². The monoisotopic (exact) mass is 331 g/mol. The Labute approximate surface area is 140 Å². The summed E-state index contributed by atoms with van der Waals surface area (Å²) in [5.41, 5.74) is 2.24. The molecule has 6 nitrogen and oxygen atoms in total. The molecule has 0 radical (unpaired) electrons. The van der Waals surface area contributed by atoms with Crippen LogP contribution in [0.2, 0.25) is 0 Å². The summed E-state index contributed by atoms with van der Waals surface area (Å²) in [5.74, 6) is 1.18. The maximum atomic E-state index is 11.5. The summed E-state index contributed by atoms with van der Waals surface area (Å²) < 4.78 is 2.05. The molecule has 1 amide bonds. The lowest BCUT2D eigenvalue weighted by Gasteiger charge is -2.18. The second kappa shape index (κ2) is 7.04. The minimum absolute atomic E-state index is 0.0174. The van der Waals surface area contributed by atoms with Crippen molar-refractivity contribution in [3.8, 4) is 5.69 Å². The highest BCUT2D eigenvalue weighted by Crippen LogP contribution is 2.28. The van der Waals surface area contributed by atoms with Crippen molar-refractivity contribution in [1.29, 1.82) is 0 Å². The largest absolute Gasteiger partial charge is 0.358 e. The molecular weight excluding hydrogens is 310 g/mol. The Hall–Kier alpha value is -2.02. The lowest BCUT2D eigenvalue weighted by molar-refractivity contribution is -0.118. The summed E-state index contributed by atoms with van der Waals surface area (Å²) in [6.45, 7) is 4.08. The second-order valence-corrected chi connectivity index (χ2v) is 6.55. The van der Waals surface area contributed by atoms with Gasteiger partial charge in [0, 0.05) is 20.1 Å². The SMILES string of the molecule is CNC(=O)CSc1nnc(N2CCCC2)n1-c1ccc(C)cc1. The molecule has 122 valence electrons. The third kappa shape index (κ3) is 3.50. The van der Waals surface area contributed by atoms with Gasteiger partial charge in [0.1, 0.15) is 0 Å². The van der Waals surface area contributed by atoms with Crippen LogP contribution in [-0.2, 0) is 4.79 Å². The van der Waals surface area contributed by atoms with Crippen LogP contribution in [0.15, 0.2) is 29.4 Å². The molecule has 2 aromatic rings. The van der Waals surface area contributed by atoms with Crippen LogP contribution >= 0.6 is 11.8 Å². The van der Waals surface area contributed by atoms with Crippen LogP contribution in [0.4, 0.5) is 5.95 Å². The van der Waals surface area contributed by atoms with E-state index in [1.807, 2.05) is 0 Å². The molecule has 1 aromatic heterocycles. The molecule has 1 aromatic carbocycles. The minimum atomic E-state index is -0.0174. The zero-order valence-corrected chi connectivity index (χ0v) is 14.3. The summed E-state index contributed by atoms with van der Waals surface area (Å²) in [6.07, 6.45) is 2.36. The molecule has 0 bridgehead atoms. The van der Waals surface area contributed by atoms with Crippen molar-refractivity contribution < 1.29 is 4.79 Å². The van der Waals surface area contributed by atoms with E-state index >= 15 is 0 Å². The van der Waals surface area contributed by atoms with E-state index < -0.39 is 0 Å². The molecule has 1 aliphatic heterocycles. The van der Waals surface area contributed by atoms with Gasteiger partial charge in [0.2, 0.25) is 11.9 Å². The van der Waals surface area contributed by atoms with E-state index in [9.17, 15) is 4.79 Å². The van der Waals surface area contributed by atoms with Gasteiger partial charge in [0.25, 0.3) is 0 Å². The number of nitrogens with zero attached hydrogens (tertiary/aromatic N) is 4. The molecule has 0 spiro atoms. The average molecular weight is 331 g/mol. The van der Waals surface area contributed by atoms with Crippen LogP contribution in [0.1, 0.15) is 18.4 Å². The Morgan fingerprint density at radius 3 is 2.57 bits per heavy atom. The van der Waals surface area contributed by atoms with E-state index in [-0.39, 0.29) is 5.91 Å². The molecule has 1 saturated heterocycles. The first-order chi connectivity index (χ1) is 11.2. The second-order valence-electron chi connectivity index (χ2n) is 5.61. The summed E-state index contributed by atoms with van der Waals surface area (Å²) in [7, 11) is 1.64. The van der Waals surface area contributed by atoms with Gasteiger partial charge in [-0.15, -0.1) is 10.2 Å². The van der Waals surface area contributed by atoms with Gasteiger partial charge in [0.15, 0.2) is 5.16 Å². The predicted octanol–water partition coefficient (Wildman–Crippen LogP) is 2.01. The lowest BCUT2D eigenvalue weighted by atomic mass is 10.2. The molecule has 7 heteroatoms. The number of anilines is 1. The Balaban J connectivity index is 1.95. The van der Waals surface area contributed by atoms with Crippen molar-refractivity contribution >= 4 is 23.6 Å². The maximum Gasteiger partial charge on any atom is 0.232 e. The Bertz CT molecular complexity index is 676. The van der Waals surface area contributed by atoms with E-state index in [1.165, 1.54) is 30.2 Å². The van der Waals surface area contributed by atoms with Gasteiger partial charge in [-0.1, -0.05) is 29.5 Å². The Morgan fingerprint density at radius 1 is 1.22 bits per heavy atom. The molecule has 23 heavy (non-hydrogen) atoms. The molecule has 0 saturated carbocycles. The third-order valence-electron chi connectivity index (χ3n) is 3.91. The van der Waals surface area contributed by atoms with Crippen molar-refractivity contribution in [1.82, 2.24) is 20.1 Å². The standard InChI is InChI=1S/C16H21N5OS/c1-12-5-7-13(8-6-12)21-15(20-9-3-4-10-20)18-19-16(21)23-11-14(22)17-2/h5-8H,3-4,9-11H2,1-2H3,(H,17,22). The normalized spacial score (nSPS) is 14.3. The molecule has 0 unspecified atom stereocenters. The van der Waals surface area contributed by atoms with Gasteiger partial charge in [-0.25, -0.2) is 0 Å². The van der Waals surface area contributed by atoms with Crippen molar-refractivity contribution in [2.75, 3.05) is 30.8 Å². The van der Waals surface area contributed by atoms with Gasteiger partial charge in [-0.3, -0.25) is 9.36 Å². The third-order valence-corrected chi connectivity index (χ3v) is 4.84. The van der Waals surface area contributed by atoms with E-state index in [0.717, 1.165) is 29.9 Å². The van der Waals surface area contributed by atoms with Crippen LogP contribution in [0.5, 0.6) is 0 Å². The number of carbonyl (C=O) groups excluding carboxylic acids is 1. The number of amides is 1. The highest BCUT2D eigenvalue weighted by molar-refractivity contribution is 7.99. The number of thioether (sulfide) groups is 1. The molecule has 0 aliphatic carbocycles. The minimum Gasteiger partial charge on any atom is -0.358 e. The number of nitrogens with one attached hydrogen (secondary N) is 1. The van der Waals surface area contributed by atoms with Crippen LogP contribution in [0, 0.1) is 6.92 Å². The summed E-state index contributed by atoms with van der Waals surface area (Å²) in [6, 6.07) is 8.30. The van der Waals surface area contributed by atoms with Gasteiger partial charge < -0.3 is 10.2 Å². The number of aryl methyl sites for hydroxylation is 1. The van der Waals surface area contributed by atoms with Gasteiger partial charge >= 0.3 is 0 Å². The lowest BCUT2D eigenvalue weighted by Crippen LogP contribution is -2.22. The van der Waals surface area contributed by atoms with Gasteiger partial charge in [-0.2, -0.15) is 0 Å². The first kappa shape index (κ1) is 15.9. The van der Waals surface area contributed by atoms with Crippen molar-refractivity contribution in [3.63, 3.8) is 0 Å². The molecule has 3 rings (SSSR count). The highest BCUT2D eigenvalue weighted by Gasteiger charge is 2.22. The summed E-state index contributed by atoms with van der Waals surface area (Å²) in [4.78, 5) is 13.8. The number of hydrogen-bond acceptors (Lipinski definition) is 5. The van der Waals surface area contributed by atoms with E-state index in [4.69, 9.17) is 0 Å². The Morgan fingerprint density at radius 2 is 1.91 bits per heavy atom. The van der Waals surface area contributed by atoms with Gasteiger partial charge in [0.05, 0.1) is 11.4 Å². The predicted molar refractivity (Wildman–Crippen MR) is 92.3 cm³/mol. The molecule has 1 aliphatic rings. The number of aromatic nitrogens is 3. The molecule has 2 heterocycles. The van der Waals surface area contributed by atoms with Crippen molar-refractivity contribution in [3.05, 3.63) is 29.8 Å².